The van der Waals surface area contributed by atoms with Crippen molar-refractivity contribution in [2.24, 2.45) is 0 Å². The van der Waals surface area contributed by atoms with Crippen molar-refractivity contribution >= 4 is 23.2 Å². The third-order valence-electron chi connectivity index (χ3n) is 4.98. The third kappa shape index (κ3) is 6.49. The van der Waals surface area contributed by atoms with Crippen molar-refractivity contribution in [3.63, 3.8) is 0 Å². The van der Waals surface area contributed by atoms with Crippen LogP contribution in [0.2, 0.25) is 0 Å². The Morgan fingerprint density at radius 1 is 0.903 bits per heavy atom. The van der Waals surface area contributed by atoms with Crippen molar-refractivity contribution in [2.45, 2.75) is 26.3 Å². The highest BCUT2D eigenvalue weighted by molar-refractivity contribution is 5.92. The number of anilines is 2. The van der Waals surface area contributed by atoms with Gasteiger partial charge in [0.05, 0.1) is 0 Å². The quantitative estimate of drug-likeness (QED) is 0.521. The smallest absolute Gasteiger partial charge is 0.279 e. The summed E-state index contributed by atoms with van der Waals surface area (Å²) in [7, 11) is 0. The van der Waals surface area contributed by atoms with Gasteiger partial charge in [-0.1, -0.05) is 43.3 Å². The van der Waals surface area contributed by atoms with Gasteiger partial charge in [0.2, 0.25) is 5.91 Å². The lowest BCUT2D eigenvalue weighted by Crippen LogP contribution is -2.87. The number of hydrogen-bond donors (Lipinski definition) is 3. The molecular weight excluding hydrogens is 393 g/mol. The van der Waals surface area contributed by atoms with Crippen LogP contribution in [0.1, 0.15) is 36.6 Å². The minimum atomic E-state index is -0.301. The van der Waals surface area contributed by atoms with Gasteiger partial charge in [-0.3, -0.25) is 9.59 Å². The summed E-state index contributed by atoms with van der Waals surface area (Å²) in [4.78, 5) is 23.6. The number of carbonyl (C=O) groups is 2. The molecule has 1 atom stereocenters. The Morgan fingerprint density at radius 3 is 2.13 bits per heavy atom. The van der Waals surface area contributed by atoms with Gasteiger partial charge in [-0.2, -0.15) is 0 Å². The largest absolute Gasteiger partial charge is 0.328 e. The number of quaternary nitrogens is 1. The van der Waals surface area contributed by atoms with Gasteiger partial charge in [-0.25, -0.2) is 4.39 Å². The summed E-state index contributed by atoms with van der Waals surface area (Å²) < 4.78 is 13.8. The normalized spacial score (nSPS) is 11.6. The maximum atomic E-state index is 13.8. The Kier molecular flexibility index (Phi) is 7.51. The molecule has 0 spiro atoms. The van der Waals surface area contributed by atoms with Crippen molar-refractivity contribution in [1.82, 2.24) is 0 Å². The van der Waals surface area contributed by atoms with Crippen molar-refractivity contribution in [3.05, 3.63) is 95.3 Å². The summed E-state index contributed by atoms with van der Waals surface area (Å²) >= 11 is 0. The van der Waals surface area contributed by atoms with E-state index in [2.05, 4.69) is 29.7 Å². The number of aryl methyl sites for hydroxylation is 1. The van der Waals surface area contributed by atoms with E-state index in [1.165, 1.54) is 24.6 Å². The predicted octanol–water partition coefficient (Wildman–Crippen LogP) is 3.64. The monoisotopic (exact) mass is 420 g/mol. The predicted molar refractivity (Wildman–Crippen MR) is 120 cm³/mol. The van der Waals surface area contributed by atoms with Gasteiger partial charge in [0.25, 0.3) is 5.91 Å². The molecule has 0 unspecified atom stereocenters. The van der Waals surface area contributed by atoms with E-state index >= 15 is 0 Å². The van der Waals surface area contributed by atoms with Crippen LogP contribution in [0.5, 0.6) is 0 Å². The van der Waals surface area contributed by atoms with Gasteiger partial charge in [-0.15, -0.1) is 0 Å². The van der Waals surface area contributed by atoms with Crippen LogP contribution in [0, 0.1) is 5.82 Å². The highest BCUT2D eigenvalue weighted by Crippen LogP contribution is 2.20. The summed E-state index contributed by atoms with van der Waals surface area (Å²) in [6, 6.07) is 21.4. The summed E-state index contributed by atoms with van der Waals surface area (Å²) in [5, 5.41) is 7.44. The molecule has 5 nitrogen and oxygen atoms in total. The van der Waals surface area contributed by atoms with Crippen LogP contribution in [0.15, 0.2) is 72.8 Å². The van der Waals surface area contributed by atoms with Crippen LogP contribution in [0.4, 0.5) is 15.8 Å². The van der Waals surface area contributed by atoms with E-state index in [1.54, 1.807) is 30.3 Å². The highest BCUT2D eigenvalue weighted by Gasteiger charge is 2.20. The molecule has 3 aromatic carbocycles. The van der Waals surface area contributed by atoms with Crippen LogP contribution >= 0.6 is 0 Å². The third-order valence-corrected chi connectivity index (χ3v) is 4.98. The second-order valence-corrected chi connectivity index (χ2v) is 7.37. The molecule has 6 heteroatoms. The summed E-state index contributed by atoms with van der Waals surface area (Å²) in [6.07, 6.45) is 0.942. The molecule has 4 N–H and O–H groups in total. The van der Waals surface area contributed by atoms with E-state index < -0.39 is 0 Å². The zero-order valence-corrected chi connectivity index (χ0v) is 17.7. The molecule has 3 rings (SSSR count). The zero-order valence-electron chi connectivity index (χ0n) is 17.7. The van der Waals surface area contributed by atoms with Crippen molar-refractivity contribution in [2.75, 3.05) is 17.2 Å². The van der Waals surface area contributed by atoms with E-state index in [0.717, 1.165) is 17.5 Å². The first-order valence-electron chi connectivity index (χ1n) is 10.3. The molecule has 0 heterocycles. The maximum absolute atomic E-state index is 13.8. The van der Waals surface area contributed by atoms with Gasteiger partial charge in [0.1, 0.15) is 11.9 Å². The molecule has 0 saturated carbocycles. The summed E-state index contributed by atoms with van der Waals surface area (Å²) in [6.45, 7) is 3.71. The van der Waals surface area contributed by atoms with Crippen LogP contribution < -0.4 is 16.0 Å². The highest BCUT2D eigenvalue weighted by atomic mass is 19.1. The van der Waals surface area contributed by atoms with Crippen LogP contribution in [-0.4, -0.2) is 18.4 Å². The first-order chi connectivity index (χ1) is 14.9. The topological polar surface area (TPSA) is 74.8 Å². The summed E-state index contributed by atoms with van der Waals surface area (Å²) in [5.74, 6) is -0.620. The number of hydrogen-bond acceptors (Lipinski definition) is 2. The maximum Gasteiger partial charge on any atom is 0.279 e. The van der Waals surface area contributed by atoms with Crippen molar-refractivity contribution in [1.29, 1.82) is 0 Å². The number of nitrogens with one attached hydrogen (secondary N) is 2. The number of amides is 2. The fourth-order valence-electron chi connectivity index (χ4n) is 3.40. The van der Waals surface area contributed by atoms with E-state index in [4.69, 9.17) is 0 Å². The van der Waals surface area contributed by atoms with Gasteiger partial charge in [0, 0.05) is 29.4 Å². The zero-order chi connectivity index (χ0) is 22.2. The number of halogens is 1. The van der Waals surface area contributed by atoms with Gasteiger partial charge >= 0.3 is 0 Å². The van der Waals surface area contributed by atoms with Gasteiger partial charge < -0.3 is 16.0 Å². The number of carbonyl (C=O) groups excluding carboxylic acids is 2. The van der Waals surface area contributed by atoms with Crippen LogP contribution in [-0.2, 0) is 16.0 Å². The van der Waals surface area contributed by atoms with E-state index in [-0.39, 0.29) is 30.2 Å². The SMILES string of the molecule is CCc1ccc([C@@H]([NH2+]CC(=O)Nc2ccc(NC(C)=O)cc2)c2cccc(F)c2)cc1. The molecular formula is C25H27FN3O2+. The first kappa shape index (κ1) is 22.2. The molecule has 0 aliphatic heterocycles. The molecule has 2 amide bonds. The molecule has 3 aromatic rings. The number of benzene rings is 3. The Balaban J connectivity index is 1.69. The van der Waals surface area contributed by atoms with Crippen molar-refractivity contribution in [3.8, 4) is 0 Å². The lowest BCUT2D eigenvalue weighted by Gasteiger charge is -2.17. The van der Waals surface area contributed by atoms with Crippen LogP contribution in [0.25, 0.3) is 0 Å². The van der Waals surface area contributed by atoms with Gasteiger partial charge in [0.15, 0.2) is 6.54 Å². The lowest BCUT2D eigenvalue weighted by molar-refractivity contribution is -0.676. The first-order valence-corrected chi connectivity index (χ1v) is 10.3. The molecule has 0 aliphatic rings. The Bertz CT molecular complexity index is 1030. The minimum absolute atomic E-state index is 0.151. The Labute approximate surface area is 181 Å². The van der Waals surface area contributed by atoms with E-state index in [0.29, 0.717) is 11.4 Å². The molecule has 160 valence electrons. The molecule has 31 heavy (non-hydrogen) atoms. The number of rotatable bonds is 8. The molecule has 0 radical (unpaired) electrons. The lowest BCUT2D eigenvalue weighted by atomic mass is 9.97. The fourth-order valence-corrected chi connectivity index (χ4v) is 3.40. The molecule has 0 saturated heterocycles. The second kappa shape index (κ2) is 10.5. The van der Waals surface area contributed by atoms with Crippen molar-refractivity contribution < 1.29 is 19.3 Å². The Hall–Kier alpha value is -3.51. The molecule has 0 aromatic heterocycles. The Morgan fingerprint density at radius 2 is 1.55 bits per heavy atom. The van der Waals surface area contributed by atoms with E-state index in [1.807, 2.05) is 23.5 Å². The average Bonchev–Trinajstić information content (AvgIpc) is 2.75. The second-order valence-electron chi connectivity index (χ2n) is 7.37. The molecule has 0 aliphatic carbocycles. The minimum Gasteiger partial charge on any atom is -0.328 e. The molecule has 0 bridgehead atoms. The molecule has 0 fully saturated rings. The van der Waals surface area contributed by atoms with Crippen LogP contribution in [0.3, 0.4) is 0 Å². The average molecular weight is 421 g/mol. The van der Waals surface area contributed by atoms with E-state index in [9.17, 15) is 14.0 Å². The standard InChI is InChI=1S/C25H26FN3O2/c1-3-18-7-9-19(10-8-18)25(20-5-4-6-21(26)15-20)27-16-24(31)29-23-13-11-22(12-14-23)28-17(2)30/h4-15,25,27H,3,16H2,1-2H3,(H,28,30)(H,29,31)/p+1/t25-/m1/s1. The number of nitrogens with two attached hydrogens (primary N) is 1. The fraction of sp³-hybridized carbons (Fsp3) is 0.200. The van der Waals surface area contributed by atoms with Gasteiger partial charge in [-0.05, 0) is 48.4 Å². The summed E-state index contributed by atoms with van der Waals surface area (Å²) in [5.41, 5.74) is 4.34.